The molecule has 1 heterocycles. The van der Waals surface area contributed by atoms with Crippen LogP contribution in [0.2, 0.25) is 0 Å². The van der Waals surface area contributed by atoms with Crippen molar-refractivity contribution in [3.05, 3.63) is 52.4 Å². The first kappa shape index (κ1) is 16.8. The van der Waals surface area contributed by atoms with Gasteiger partial charge < -0.3 is 4.52 Å². The molecule has 0 aliphatic heterocycles. The summed E-state index contributed by atoms with van der Waals surface area (Å²) >= 11 is 0.272. The van der Waals surface area contributed by atoms with Gasteiger partial charge in [-0.2, -0.15) is 13.2 Å². The van der Waals surface area contributed by atoms with Crippen LogP contribution in [-0.2, 0) is 28.5 Å². The summed E-state index contributed by atoms with van der Waals surface area (Å²) < 4.78 is 54.4. The Morgan fingerprint density at radius 1 is 1.29 bits per heavy atom. The number of benzene rings is 1. The average molecular weight is 356 g/mol. The van der Waals surface area contributed by atoms with Crippen LogP contribution in [0, 0.1) is 0 Å². The Morgan fingerprint density at radius 2 is 2.04 bits per heavy atom. The van der Waals surface area contributed by atoms with Crippen molar-refractivity contribution in [2.24, 2.45) is 0 Å². The Kier molecular flexibility index (Phi) is 4.49. The molecule has 1 aromatic heterocycles. The number of aromatic nitrogens is 1. The molecular weight excluding hydrogens is 343 g/mol. The number of hydrogen-bond acceptors (Lipinski definition) is 4. The number of nitrogens with zero attached hydrogens (tertiary/aromatic N) is 1. The van der Waals surface area contributed by atoms with E-state index in [1.165, 1.54) is 12.3 Å². The molecule has 0 amide bonds. The molecule has 0 unspecified atom stereocenters. The van der Waals surface area contributed by atoms with Gasteiger partial charge >= 0.3 is 17.8 Å². The maximum Gasteiger partial charge on any atom is 0.459 e. The zero-order valence-corrected chi connectivity index (χ0v) is 13.2. The summed E-state index contributed by atoms with van der Waals surface area (Å²) in [4.78, 5) is 12.7. The van der Waals surface area contributed by atoms with Crippen molar-refractivity contribution in [3.8, 4) is 0 Å². The van der Waals surface area contributed by atoms with E-state index in [2.05, 4.69) is 5.16 Å². The van der Waals surface area contributed by atoms with Gasteiger partial charge in [-0.05, 0) is 30.5 Å². The lowest BCUT2D eigenvalue weighted by molar-refractivity contribution is -0.137. The van der Waals surface area contributed by atoms with Crippen molar-refractivity contribution in [2.45, 2.75) is 31.4 Å². The Labute approximate surface area is 139 Å². The van der Waals surface area contributed by atoms with E-state index in [1.54, 1.807) is 0 Å². The second-order valence-corrected chi connectivity index (χ2v) is 6.29. The molecule has 3 rings (SSSR count). The molecule has 0 bridgehead atoms. The van der Waals surface area contributed by atoms with Crippen molar-refractivity contribution in [2.75, 3.05) is 5.75 Å². The molecule has 1 aliphatic carbocycles. The maximum absolute atomic E-state index is 12.9. The van der Waals surface area contributed by atoms with E-state index in [4.69, 9.17) is 4.52 Å². The van der Waals surface area contributed by atoms with Crippen LogP contribution in [0.15, 0.2) is 28.9 Å². The van der Waals surface area contributed by atoms with E-state index in [1.807, 2.05) is 0 Å². The summed E-state index contributed by atoms with van der Waals surface area (Å²) in [5.41, 5.74) is -0.186. The summed E-state index contributed by atoms with van der Waals surface area (Å²) in [6.45, 7) is 0. The zero-order valence-electron chi connectivity index (χ0n) is 12.4. The van der Waals surface area contributed by atoms with Crippen molar-refractivity contribution >= 4 is 17.4 Å². The molecule has 1 saturated carbocycles. The summed E-state index contributed by atoms with van der Waals surface area (Å²) in [6.07, 6.45) is -1.30. The topological polar surface area (TPSA) is 60.2 Å². The highest BCUT2D eigenvalue weighted by molar-refractivity contribution is 7.65. The van der Waals surface area contributed by atoms with Crippen molar-refractivity contribution in [3.63, 3.8) is 0 Å². The molecule has 0 spiro atoms. The summed E-state index contributed by atoms with van der Waals surface area (Å²) in [5.74, 6) is 0.309. The van der Waals surface area contributed by atoms with Gasteiger partial charge in [0, 0.05) is 22.1 Å². The second-order valence-electron chi connectivity index (χ2n) is 5.65. The normalized spacial score (nSPS) is 14.6. The van der Waals surface area contributed by atoms with Crippen molar-refractivity contribution in [1.29, 1.82) is 0 Å². The van der Waals surface area contributed by atoms with Gasteiger partial charge in [-0.3, -0.25) is 4.79 Å². The Balaban J connectivity index is 2.00. The molecule has 24 heavy (non-hydrogen) atoms. The van der Waals surface area contributed by atoms with Gasteiger partial charge in [0.2, 0.25) is 5.75 Å². The van der Waals surface area contributed by atoms with E-state index in [-0.39, 0.29) is 46.4 Å². The molecule has 1 aromatic carbocycles. The lowest BCUT2D eigenvalue weighted by atomic mass is 9.94. The van der Waals surface area contributed by atoms with E-state index < -0.39 is 17.5 Å². The third-order valence-corrected chi connectivity index (χ3v) is 4.29. The number of ketones is 1. The van der Waals surface area contributed by atoms with Gasteiger partial charge in [0.05, 0.1) is 17.3 Å². The zero-order chi connectivity index (χ0) is 17.3. The van der Waals surface area contributed by atoms with Crippen LogP contribution >= 0.6 is 0 Å². The average Bonchev–Trinajstić information content (AvgIpc) is 3.28. The predicted octanol–water partition coefficient (Wildman–Crippen LogP) is 3.77. The van der Waals surface area contributed by atoms with Crippen LogP contribution in [0.4, 0.5) is 13.2 Å². The van der Waals surface area contributed by atoms with E-state index in [0.717, 1.165) is 25.0 Å². The van der Waals surface area contributed by atoms with Gasteiger partial charge in [-0.25, -0.2) is 0 Å². The van der Waals surface area contributed by atoms with Crippen LogP contribution in [0.25, 0.3) is 0 Å². The fourth-order valence-corrected chi connectivity index (χ4v) is 2.86. The molecule has 8 heteroatoms. The predicted molar refractivity (Wildman–Crippen MR) is 80.0 cm³/mol. The maximum atomic E-state index is 12.9. The third-order valence-electron chi connectivity index (χ3n) is 3.92. The lowest BCUT2D eigenvalue weighted by Gasteiger charge is -2.11. The molecule has 0 radical (unpaired) electrons. The number of carbonyl (C=O) groups is 1. The summed E-state index contributed by atoms with van der Waals surface area (Å²) in [5, 5.41) is 3.65. The highest BCUT2D eigenvalue weighted by atomic mass is 32.1. The number of halogens is 3. The van der Waals surface area contributed by atoms with Crippen LogP contribution in [0.1, 0.15) is 51.6 Å². The van der Waals surface area contributed by atoms with E-state index >= 15 is 0 Å². The molecule has 1 aliphatic rings. The molecule has 0 saturated heterocycles. The first-order valence-electron chi connectivity index (χ1n) is 7.36. The molecule has 4 nitrogen and oxygen atoms in total. The van der Waals surface area contributed by atoms with Gasteiger partial charge in [0.1, 0.15) is 0 Å². The largest absolute Gasteiger partial charge is 0.459 e. The lowest BCUT2D eigenvalue weighted by Crippen LogP contribution is -2.11. The fraction of sp³-hybridized carbons (Fsp3) is 0.375. The molecule has 126 valence electrons. The summed E-state index contributed by atoms with van der Waals surface area (Å²) in [7, 11) is 0. The van der Waals surface area contributed by atoms with Gasteiger partial charge in [-0.15, -0.1) is 0 Å². The second kappa shape index (κ2) is 6.43. The minimum absolute atomic E-state index is 0.0840. The van der Waals surface area contributed by atoms with Crippen molar-refractivity contribution in [1.82, 2.24) is 5.16 Å². The van der Waals surface area contributed by atoms with Crippen LogP contribution < -0.4 is 0 Å². The number of rotatable bonds is 6. The highest BCUT2D eigenvalue weighted by Gasteiger charge is 2.35. The summed E-state index contributed by atoms with van der Waals surface area (Å²) in [6, 6.07) is 2.98. The van der Waals surface area contributed by atoms with Crippen LogP contribution in [-0.4, -0.2) is 16.7 Å². The Bertz CT molecular complexity index is 781. The first-order chi connectivity index (χ1) is 11.4. The van der Waals surface area contributed by atoms with Gasteiger partial charge in [-0.1, -0.05) is 11.2 Å². The molecular formula is C16H13F3NO3S+. The SMILES string of the molecule is O=[S+]CCc1cc(C(F)(F)F)ccc1C(=O)c1cnoc1C1CC1. The van der Waals surface area contributed by atoms with Crippen molar-refractivity contribution < 1.29 is 26.7 Å². The Morgan fingerprint density at radius 3 is 2.67 bits per heavy atom. The minimum Gasteiger partial charge on any atom is -0.360 e. The fourth-order valence-electron chi connectivity index (χ4n) is 2.55. The smallest absolute Gasteiger partial charge is 0.360 e. The molecule has 1 fully saturated rings. The standard InChI is InChI=1S/C16H13F3NO3S/c17-16(18,19)11-3-4-12(10(7-11)5-6-24-22)14(21)13-8-20-23-15(13)9-1-2-9/h3-4,7-9H,1-2,5-6H2/q+1. The van der Waals surface area contributed by atoms with Gasteiger partial charge in [0.15, 0.2) is 11.5 Å². The first-order valence-corrected chi connectivity index (χ1v) is 8.27. The van der Waals surface area contributed by atoms with Crippen LogP contribution in [0.3, 0.4) is 0 Å². The molecule has 2 aromatic rings. The molecule has 0 atom stereocenters. The van der Waals surface area contributed by atoms with E-state index in [0.29, 0.717) is 5.76 Å². The number of carbonyl (C=O) groups excluding carboxylic acids is 1. The number of hydrogen-bond donors (Lipinski definition) is 0. The monoisotopic (exact) mass is 356 g/mol. The molecule has 0 N–H and O–H groups in total. The Hall–Kier alpha value is -2.09. The van der Waals surface area contributed by atoms with Gasteiger partial charge in [0.25, 0.3) is 0 Å². The van der Waals surface area contributed by atoms with E-state index in [9.17, 15) is 22.2 Å². The number of aryl methyl sites for hydroxylation is 1. The number of alkyl halides is 3. The van der Waals surface area contributed by atoms with Crippen LogP contribution in [0.5, 0.6) is 0 Å². The highest BCUT2D eigenvalue weighted by Crippen LogP contribution is 2.42. The third kappa shape index (κ3) is 3.38. The quantitative estimate of drug-likeness (QED) is 0.584. The minimum atomic E-state index is -4.50.